The average Bonchev–Trinajstić information content (AvgIpc) is 2.93. The molecule has 2 N–H and O–H groups in total. The number of nitrogens with two attached hydrogens (primary N) is 1. The third kappa shape index (κ3) is 3.31. The summed E-state index contributed by atoms with van der Waals surface area (Å²) in [5.74, 6) is 5.60. The first-order valence-corrected chi connectivity index (χ1v) is 6.20. The van der Waals surface area contributed by atoms with Crippen LogP contribution in [0.15, 0.2) is 18.5 Å². The molecule has 5 nitrogen and oxygen atoms in total. The van der Waals surface area contributed by atoms with Crippen LogP contribution in [0.5, 0.6) is 0 Å². The summed E-state index contributed by atoms with van der Waals surface area (Å²) in [6.45, 7) is 1.64. The monoisotopic (exact) mass is 259 g/mol. The van der Waals surface area contributed by atoms with E-state index < -0.39 is 0 Å². The molecule has 1 atom stereocenters. The lowest BCUT2D eigenvalue weighted by Gasteiger charge is -2.15. The maximum absolute atomic E-state index is 12.3. The molecule has 2 rings (SSSR count). The van der Waals surface area contributed by atoms with Gasteiger partial charge in [0, 0.05) is 38.2 Å². The number of nitrogens with zero attached hydrogens (tertiary/aromatic N) is 2. The molecule has 1 unspecified atom stereocenters. The average molecular weight is 259 g/mol. The van der Waals surface area contributed by atoms with Crippen molar-refractivity contribution in [3.8, 4) is 11.8 Å². The van der Waals surface area contributed by atoms with Crippen molar-refractivity contribution in [2.24, 2.45) is 5.73 Å². The second-order valence-electron chi connectivity index (χ2n) is 4.37. The predicted octanol–water partition coefficient (Wildman–Crippen LogP) is 0.253. The number of rotatable bonds is 2. The minimum Gasteiger partial charge on any atom is -0.380 e. The fraction of sp³-hybridized carbons (Fsp3) is 0.429. The van der Waals surface area contributed by atoms with Crippen molar-refractivity contribution in [2.75, 3.05) is 26.7 Å². The van der Waals surface area contributed by atoms with Crippen LogP contribution in [-0.2, 0) is 4.74 Å². The molecule has 0 spiro atoms. The van der Waals surface area contributed by atoms with Crippen molar-refractivity contribution in [2.45, 2.75) is 12.5 Å². The molecule has 1 amide bonds. The van der Waals surface area contributed by atoms with Gasteiger partial charge in [-0.25, -0.2) is 0 Å². The third-order valence-electron chi connectivity index (χ3n) is 3.09. The first-order chi connectivity index (χ1) is 9.24. The highest BCUT2D eigenvalue weighted by Gasteiger charge is 2.26. The van der Waals surface area contributed by atoms with E-state index in [-0.39, 0.29) is 12.0 Å². The van der Waals surface area contributed by atoms with Gasteiger partial charge in [-0.3, -0.25) is 9.78 Å². The molecule has 0 bridgehead atoms. The summed E-state index contributed by atoms with van der Waals surface area (Å²) in [7, 11) is 1.67. The van der Waals surface area contributed by atoms with Gasteiger partial charge in [0.1, 0.15) is 0 Å². The highest BCUT2D eigenvalue weighted by Crippen LogP contribution is 2.15. The Labute approximate surface area is 112 Å². The standard InChI is InChI=1S/C14H17N3O2/c1-19-13-4-6-17(10-13)14(18)12-7-11(3-2-5-15)8-16-9-12/h7-9,13H,4-6,10,15H2,1H3. The third-order valence-corrected chi connectivity index (χ3v) is 3.09. The van der Waals surface area contributed by atoms with Gasteiger partial charge in [0.2, 0.25) is 0 Å². The van der Waals surface area contributed by atoms with Crippen molar-refractivity contribution in [3.63, 3.8) is 0 Å². The molecular formula is C14H17N3O2. The van der Waals surface area contributed by atoms with Gasteiger partial charge in [-0.15, -0.1) is 0 Å². The van der Waals surface area contributed by atoms with Crippen LogP contribution in [0.25, 0.3) is 0 Å². The molecule has 0 aliphatic carbocycles. The summed E-state index contributed by atoms with van der Waals surface area (Å²) in [5.41, 5.74) is 6.58. The lowest BCUT2D eigenvalue weighted by Crippen LogP contribution is -2.30. The summed E-state index contributed by atoms with van der Waals surface area (Å²) >= 11 is 0. The van der Waals surface area contributed by atoms with Gasteiger partial charge in [0.15, 0.2) is 0 Å². The molecule has 1 aromatic rings. The summed E-state index contributed by atoms with van der Waals surface area (Å²) in [4.78, 5) is 18.1. The van der Waals surface area contributed by atoms with Crippen molar-refractivity contribution in [3.05, 3.63) is 29.6 Å². The molecule has 5 heteroatoms. The van der Waals surface area contributed by atoms with E-state index >= 15 is 0 Å². The van der Waals surface area contributed by atoms with Crippen molar-refractivity contribution in [1.29, 1.82) is 0 Å². The Hall–Kier alpha value is -1.90. The summed E-state index contributed by atoms with van der Waals surface area (Å²) in [5, 5.41) is 0. The fourth-order valence-electron chi connectivity index (χ4n) is 2.07. The minimum atomic E-state index is -0.0246. The molecule has 0 aromatic carbocycles. The molecule has 1 aromatic heterocycles. The Balaban J connectivity index is 2.11. The number of carbonyl (C=O) groups excluding carboxylic acids is 1. The van der Waals surface area contributed by atoms with Crippen LogP contribution in [0.1, 0.15) is 22.3 Å². The van der Waals surface area contributed by atoms with Crippen LogP contribution in [0.2, 0.25) is 0 Å². The van der Waals surface area contributed by atoms with Crippen LogP contribution in [0.3, 0.4) is 0 Å². The van der Waals surface area contributed by atoms with Gasteiger partial charge in [-0.05, 0) is 12.5 Å². The normalized spacial score (nSPS) is 18.0. The summed E-state index contributed by atoms with van der Waals surface area (Å²) in [6.07, 6.45) is 4.21. The van der Waals surface area contributed by atoms with Gasteiger partial charge in [0.25, 0.3) is 5.91 Å². The highest BCUT2D eigenvalue weighted by molar-refractivity contribution is 5.94. The second kappa shape index (κ2) is 6.32. The number of pyridine rings is 1. The van der Waals surface area contributed by atoms with Crippen LogP contribution in [0.4, 0.5) is 0 Å². The molecule has 0 saturated carbocycles. The fourth-order valence-corrected chi connectivity index (χ4v) is 2.07. The van der Waals surface area contributed by atoms with Gasteiger partial charge in [-0.1, -0.05) is 11.8 Å². The molecule has 1 saturated heterocycles. The molecular weight excluding hydrogens is 242 g/mol. The van der Waals surface area contributed by atoms with E-state index in [1.807, 2.05) is 0 Å². The number of carbonyl (C=O) groups is 1. The molecule has 0 radical (unpaired) electrons. The first-order valence-electron chi connectivity index (χ1n) is 6.20. The van der Waals surface area contributed by atoms with E-state index in [1.54, 1.807) is 30.5 Å². The molecule has 100 valence electrons. The van der Waals surface area contributed by atoms with E-state index in [0.717, 1.165) is 13.0 Å². The number of hydrogen-bond donors (Lipinski definition) is 1. The predicted molar refractivity (Wildman–Crippen MR) is 71.5 cm³/mol. The zero-order chi connectivity index (χ0) is 13.7. The summed E-state index contributed by atoms with van der Waals surface area (Å²) in [6, 6.07) is 1.75. The Morgan fingerprint density at radius 2 is 2.47 bits per heavy atom. The number of amides is 1. The number of ether oxygens (including phenoxy) is 1. The first kappa shape index (κ1) is 13.5. The van der Waals surface area contributed by atoms with Crippen molar-refractivity contribution in [1.82, 2.24) is 9.88 Å². The van der Waals surface area contributed by atoms with Crippen molar-refractivity contribution < 1.29 is 9.53 Å². The Morgan fingerprint density at radius 3 is 3.16 bits per heavy atom. The number of methoxy groups -OCH3 is 1. The molecule has 2 heterocycles. The number of likely N-dealkylation sites (tertiary alicyclic amines) is 1. The van der Waals surface area contributed by atoms with E-state index in [0.29, 0.717) is 24.2 Å². The largest absolute Gasteiger partial charge is 0.380 e. The molecule has 1 aliphatic heterocycles. The van der Waals surface area contributed by atoms with Crippen LogP contribution >= 0.6 is 0 Å². The van der Waals surface area contributed by atoms with E-state index in [1.165, 1.54) is 0 Å². The van der Waals surface area contributed by atoms with Gasteiger partial charge in [-0.2, -0.15) is 0 Å². The smallest absolute Gasteiger partial charge is 0.255 e. The number of hydrogen-bond acceptors (Lipinski definition) is 4. The second-order valence-corrected chi connectivity index (χ2v) is 4.37. The zero-order valence-corrected chi connectivity index (χ0v) is 10.9. The lowest BCUT2D eigenvalue weighted by atomic mass is 10.2. The maximum atomic E-state index is 12.3. The van der Waals surface area contributed by atoms with E-state index in [2.05, 4.69) is 16.8 Å². The highest BCUT2D eigenvalue weighted by atomic mass is 16.5. The summed E-state index contributed by atoms with van der Waals surface area (Å²) < 4.78 is 5.26. The topological polar surface area (TPSA) is 68.5 Å². The molecule has 1 aliphatic rings. The van der Waals surface area contributed by atoms with Crippen molar-refractivity contribution >= 4 is 5.91 Å². The lowest BCUT2D eigenvalue weighted by molar-refractivity contribution is 0.0724. The SMILES string of the molecule is COC1CCN(C(=O)c2cncc(C#CCN)c2)C1. The van der Waals surface area contributed by atoms with Crippen LogP contribution in [-0.4, -0.2) is 48.6 Å². The minimum absolute atomic E-state index is 0.0246. The Bertz CT molecular complexity index is 519. The van der Waals surface area contributed by atoms with Gasteiger partial charge >= 0.3 is 0 Å². The van der Waals surface area contributed by atoms with Crippen LogP contribution < -0.4 is 5.73 Å². The van der Waals surface area contributed by atoms with E-state index in [4.69, 9.17) is 10.5 Å². The van der Waals surface area contributed by atoms with Crippen LogP contribution in [0, 0.1) is 11.8 Å². The number of aromatic nitrogens is 1. The Kier molecular flexibility index (Phi) is 4.50. The quantitative estimate of drug-likeness (QED) is 0.773. The van der Waals surface area contributed by atoms with E-state index in [9.17, 15) is 4.79 Å². The molecule has 19 heavy (non-hydrogen) atoms. The van der Waals surface area contributed by atoms with Gasteiger partial charge in [0.05, 0.1) is 18.2 Å². The molecule has 1 fully saturated rings. The van der Waals surface area contributed by atoms with Gasteiger partial charge < -0.3 is 15.4 Å². The Morgan fingerprint density at radius 1 is 1.63 bits per heavy atom. The maximum Gasteiger partial charge on any atom is 0.255 e. The zero-order valence-electron chi connectivity index (χ0n) is 10.9.